The predicted molar refractivity (Wildman–Crippen MR) is 50.4 cm³/mol. The van der Waals surface area contributed by atoms with Gasteiger partial charge in [0.05, 0.1) is 0 Å². The lowest BCUT2D eigenvalue weighted by molar-refractivity contribution is 0.457. The van der Waals surface area contributed by atoms with Gasteiger partial charge in [-0.15, -0.1) is 0 Å². The van der Waals surface area contributed by atoms with E-state index in [1.165, 1.54) is 10.6 Å². The lowest BCUT2D eigenvalue weighted by Crippen LogP contribution is -1.97. The zero-order chi connectivity index (χ0) is 11.3. The molecule has 0 aromatic carbocycles. The number of hydrogen-bond acceptors (Lipinski definition) is 2. The van der Waals surface area contributed by atoms with Gasteiger partial charge in [0.15, 0.2) is 0 Å². The second kappa shape index (κ2) is 2.94. The first-order valence-corrected chi connectivity index (χ1v) is 4.46. The molecule has 0 radical (unpaired) electrons. The van der Waals surface area contributed by atoms with Crippen LogP contribution in [0.3, 0.4) is 0 Å². The molecule has 3 rings (SSSR count). The van der Waals surface area contributed by atoms with E-state index in [-0.39, 0.29) is 11.0 Å². The van der Waals surface area contributed by atoms with E-state index in [1.54, 1.807) is 18.2 Å². The number of fused-ring (bicyclic) bond motifs is 3. The molecule has 3 aromatic heterocycles. The van der Waals surface area contributed by atoms with Crippen molar-refractivity contribution in [3.8, 4) is 0 Å². The van der Waals surface area contributed by atoms with Gasteiger partial charge in [0, 0.05) is 6.20 Å². The van der Waals surface area contributed by atoms with E-state index < -0.39 is 17.7 Å². The first-order valence-electron chi connectivity index (χ1n) is 4.46. The van der Waals surface area contributed by atoms with Crippen LogP contribution in [-0.4, -0.2) is 14.4 Å². The summed E-state index contributed by atoms with van der Waals surface area (Å²) < 4.78 is 41.0. The SMILES string of the molecule is Fc1nc(F)c2nc3ccccn3c2c1F. The van der Waals surface area contributed by atoms with Gasteiger partial charge in [0.2, 0.25) is 11.8 Å². The molecule has 0 fully saturated rings. The molecular formula is C10H4F3N3. The Morgan fingerprint density at radius 3 is 2.62 bits per heavy atom. The second-order valence-electron chi connectivity index (χ2n) is 3.25. The van der Waals surface area contributed by atoms with Gasteiger partial charge < -0.3 is 0 Å². The van der Waals surface area contributed by atoms with Crippen molar-refractivity contribution in [2.24, 2.45) is 0 Å². The van der Waals surface area contributed by atoms with Gasteiger partial charge in [0.1, 0.15) is 16.7 Å². The third kappa shape index (κ3) is 1.04. The normalized spacial score (nSPS) is 11.4. The molecule has 0 spiro atoms. The highest BCUT2D eigenvalue weighted by atomic mass is 19.2. The number of rotatable bonds is 0. The lowest BCUT2D eigenvalue weighted by atomic mass is 10.4. The van der Waals surface area contributed by atoms with Gasteiger partial charge >= 0.3 is 0 Å². The van der Waals surface area contributed by atoms with Gasteiger partial charge in [-0.25, -0.2) is 4.98 Å². The average Bonchev–Trinajstić information content (AvgIpc) is 2.66. The topological polar surface area (TPSA) is 30.2 Å². The third-order valence-electron chi connectivity index (χ3n) is 2.31. The van der Waals surface area contributed by atoms with E-state index in [0.29, 0.717) is 5.65 Å². The van der Waals surface area contributed by atoms with Crippen molar-refractivity contribution in [1.29, 1.82) is 0 Å². The van der Waals surface area contributed by atoms with Crippen LogP contribution in [0, 0.1) is 17.7 Å². The van der Waals surface area contributed by atoms with Crippen LogP contribution in [0.25, 0.3) is 16.7 Å². The molecule has 3 aromatic rings. The van der Waals surface area contributed by atoms with Crippen LogP contribution in [-0.2, 0) is 0 Å². The van der Waals surface area contributed by atoms with E-state index in [9.17, 15) is 13.2 Å². The number of halogens is 3. The molecule has 16 heavy (non-hydrogen) atoms. The van der Waals surface area contributed by atoms with Crippen LogP contribution in [0.4, 0.5) is 13.2 Å². The fraction of sp³-hybridized carbons (Fsp3) is 0. The number of imidazole rings is 1. The molecule has 0 unspecified atom stereocenters. The summed E-state index contributed by atoms with van der Waals surface area (Å²) in [5.41, 5.74) is -0.173. The van der Waals surface area contributed by atoms with Gasteiger partial charge in [-0.2, -0.15) is 18.2 Å². The fourth-order valence-corrected chi connectivity index (χ4v) is 1.64. The molecule has 0 saturated carbocycles. The number of pyridine rings is 2. The summed E-state index contributed by atoms with van der Waals surface area (Å²) in [5, 5.41) is 0. The Balaban J connectivity index is 2.66. The van der Waals surface area contributed by atoms with Gasteiger partial charge in [-0.05, 0) is 12.1 Å². The number of hydrogen-bond donors (Lipinski definition) is 0. The van der Waals surface area contributed by atoms with Crippen LogP contribution in [0.15, 0.2) is 24.4 Å². The standard InChI is InChI=1S/C10H4F3N3/c11-6-8-7(10(13)15-9(6)12)14-5-3-1-2-4-16(5)8/h1-4H. The highest BCUT2D eigenvalue weighted by molar-refractivity contribution is 5.80. The summed E-state index contributed by atoms with van der Waals surface area (Å²) in [6, 6.07) is 4.85. The molecule has 3 nitrogen and oxygen atoms in total. The Hall–Kier alpha value is -2.11. The van der Waals surface area contributed by atoms with Crippen LogP contribution in [0.5, 0.6) is 0 Å². The first kappa shape index (κ1) is 9.14. The molecule has 0 amide bonds. The summed E-state index contributed by atoms with van der Waals surface area (Å²) in [6.45, 7) is 0. The Kier molecular flexibility index (Phi) is 1.68. The Morgan fingerprint density at radius 2 is 1.81 bits per heavy atom. The van der Waals surface area contributed by atoms with Crippen LogP contribution < -0.4 is 0 Å². The molecule has 0 aliphatic rings. The first-order chi connectivity index (χ1) is 7.68. The largest absolute Gasteiger partial charge is 0.297 e. The third-order valence-corrected chi connectivity index (χ3v) is 2.31. The van der Waals surface area contributed by atoms with E-state index in [4.69, 9.17) is 0 Å². The van der Waals surface area contributed by atoms with Crippen molar-refractivity contribution < 1.29 is 13.2 Å². The van der Waals surface area contributed by atoms with Crippen molar-refractivity contribution in [1.82, 2.24) is 14.4 Å². The lowest BCUT2D eigenvalue weighted by Gasteiger charge is -1.97. The van der Waals surface area contributed by atoms with E-state index in [0.717, 1.165) is 0 Å². The molecule has 0 bridgehead atoms. The molecule has 80 valence electrons. The maximum atomic E-state index is 13.5. The quantitative estimate of drug-likeness (QED) is 0.547. The van der Waals surface area contributed by atoms with Crippen molar-refractivity contribution in [2.45, 2.75) is 0 Å². The number of aromatic nitrogens is 3. The second-order valence-corrected chi connectivity index (χ2v) is 3.25. The van der Waals surface area contributed by atoms with Crippen LogP contribution in [0.2, 0.25) is 0 Å². The Labute approximate surface area is 87.2 Å². The summed E-state index contributed by atoms with van der Waals surface area (Å²) >= 11 is 0. The Bertz CT molecular complexity index is 705. The zero-order valence-electron chi connectivity index (χ0n) is 7.78. The Morgan fingerprint density at radius 1 is 1.00 bits per heavy atom. The van der Waals surface area contributed by atoms with Gasteiger partial charge in [-0.1, -0.05) is 6.07 Å². The molecule has 0 aliphatic carbocycles. The van der Waals surface area contributed by atoms with Crippen molar-refractivity contribution in [3.63, 3.8) is 0 Å². The summed E-state index contributed by atoms with van der Waals surface area (Å²) in [5.74, 6) is -3.77. The van der Waals surface area contributed by atoms with Crippen molar-refractivity contribution >= 4 is 16.7 Å². The van der Waals surface area contributed by atoms with Crippen molar-refractivity contribution in [2.75, 3.05) is 0 Å². The van der Waals surface area contributed by atoms with Crippen LogP contribution in [0.1, 0.15) is 0 Å². The minimum absolute atomic E-state index is 0.236. The zero-order valence-corrected chi connectivity index (χ0v) is 7.78. The van der Waals surface area contributed by atoms with E-state index in [1.807, 2.05) is 0 Å². The summed E-state index contributed by atoms with van der Waals surface area (Å²) in [4.78, 5) is 6.65. The molecule has 3 heterocycles. The fourth-order valence-electron chi connectivity index (χ4n) is 1.64. The summed E-state index contributed by atoms with van der Waals surface area (Å²) in [6.07, 6.45) is 1.48. The maximum Gasteiger partial charge on any atom is 0.253 e. The molecule has 0 saturated heterocycles. The van der Waals surface area contributed by atoms with E-state index in [2.05, 4.69) is 9.97 Å². The number of nitrogens with zero attached hydrogens (tertiary/aromatic N) is 3. The van der Waals surface area contributed by atoms with Gasteiger partial charge in [0.25, 0.3) is 5.95 Å². The summed E-state index contributed by atoms with van der Waals surface area (Å²) in [7, 11) is 0. The highest BCUT2D eigenvalue weighted by Gasteiger charge is 2.18. The molecule has 6 heteroatoms. The maximum absolute atomic E-state index is 13.5. The van der Waals surface area contributed by atoms with Crippen LogP contribution >= 0.6 is 0 Å². The van der Waals surface area contributed by atoms with Crippen molar-refractivity contribution in [3.05, 3.63) is 42.1 Å². The smallest absolute Gasteiger partial charge is 0.253 e. The molecular weight excluding hydrogens is 219 g/mol. The molecule has 0 aliphatic heterocycles. The minimum atomic E-state index is -1.46. The average molecular weight is 223 g/mol. The van der Waals surface area contributed by atoms with Gasteiger partial charge in [-0.3, -0.25) is 4.40 Å². The molecule has 0 atom stereocenters. The minimum Gasteiger partial charge on any atom is -0.297 e. The molecule has 0 N–H and O–H groups in total. The predicted octanol–water partition coefficient (Wildman–Crippen LogP) is 2.30. The monoisotopic (exact) mass is 223 g/mol. The highest BCUT2D eigenvalue weighted by Crippen LogP contribution is 2.22. The van der Waals surface area contributed by atoms with E-state index >= 15 is 0 Å².